The molecule has 1 fully saturated rings. The molecule has 2 aromatic heterocycles. The quantitative estimate of drug-likeness (QED) is 0.448. The van der Waals surface area contributed by atoms with Gasteiger partial charge in [0.15, 0.2) is 5.82 Å². The molecule has 0 amide bonds. The Balaban J connectivity index is 1.52. The Kier molecular flexibility index (Phi) is 6.43. The number of aliphatic imine (C=N–C) groups is 1. The molecule has 0 saturated carbocycles. The summed E-state index contributed by atoms with van der Waals surface area (Å²) in [5.41, 5.74) is 2.14. The van der Waals surface area contributed by atoms with Crippen molar-refractivity contribution in [3.05, 3.63) is 47.7 Å². The van der Waals surface area contributed by atoms with Gasteiger partial charge in [0, 0.05) is 55.0 Å². The van der Waals surface area contributed by atoms with E-state index in [1.807, 2.05) is 30.6 Å². The number of unbranched alkanes of at least 4 members (excludes halogenated alkanes) is 1. The number of fused-ring (bicyclic) bond motifs is 1. The third-order valence-corrected chi connectivity index (χ3v) is 4.90. The number of hydrogen-bond donors (Lipinski definition) is 2. The van der Waals surface area contributed by atoms with Crippen molar-refractivity contribution in [2.75, 3.05) is 37.8 Å². The van der Waals surface area contributed by atoms with E-state index in [2.05, 4.69) is 35.9 Å². The maximum Gasteiger partial charge on any atom is 0.229 e. The molecule has 4 rings (SSSR count). The third-order valence-electron chi connectivity index (χ3n) is 4.90. The molecule has 8 heteroatoms. The monoisotopic (exact) mass is 394 g/mol. The summed E-state index contributed by atoms with van der Waals surface area (Å²) in [6.45, 7) is 3.49. The largest absolute Gasteiger partial charge is 0.396 e. The number of aliphatic hydroxyl groups is 1. The van der Waals surface area contributed by atoms with Crippen LogP contribution in [0.3, 0.4) is 0 Å². The molecule has 0 bridgehead atoms. The van der Waals surface area contributed by atoms with Crippen molar-refractivity contribution in [3.8, 4) is 0 Å². The molecule has 2 N–H and O–H groups in total. The van der Waals surface area contributed by atoms with Crippen LogP contribution in [0.2, 0.25) is 0 Å². The van der Waals surface area contributed by atoms with E-state index in [0.29, 0.717) is 31.5 Å². The number of nitrogens with zero attached hydrogens (tertiary/aromatic N) is 5. The molecule has 3 aromatic rings. The average Bonchev–Trinajstić information content (AvgIpc) is 3.18. The van der Waals surface area contributed by atoms with Crippen LogP contribution in [0.1, 0.15) is 30.1 Å². The highest BCUT2D eigenvalue weighted by Crippen LogP contribution is 2.16. The van der Waals surface area contributed by atoms with Crippen LogP contribution in [-0.4, -0.2) is 64.2 Å². The normalized spacial score (nSPS) is 14.9. The number of aromatic amines is 1. The first-order valence-electron chi connectivity index (χ1n) is 10.1. The van der Waals surface area contributed by atoms with Crippen LogP contribution in [0.4, 0.5) is 5.95 Å². The van der Waals surface area contributed by atoms with Crippen molar-refractivity contribution in [2.24, 2.45) is 4.99 Å². The van der Waals surface area contributed by atoms with Gasteiger partial charge in [-0.25, -0.2) is 4.98 Å². The van der Waals surface area contributed by atoms with E-state index in [9.17, 15) is 0 Å². The fourth-order valence-corrected chi connectivity index (χ4v) is 3.36. The van der Waals surface area contributed by atoms with Gasteiger partial charge in [-0.2, -0.15) is 9.97 Å². The molecule has 0 atom stereocenters. The molecule has 1 saturated heterocycles. The van der Waals surface area contributed by atoms with Gasteiger partial charge >= 0.3 is 0 Å². The highest BCUT2D eigenvalue weighted by molar-refractivity contribution is 5.98. The maximum absolute atomic E-state index is 9.04. The van der Waals surface area contributed by atoms with Crippen molar-refractivity contribution in [2.45, 2.75) is 25.8 Å². The van der Waals surface area contributed by atoms with Crippen molar-refractivity contribution in [3.63, 3.8) is 0 Å². The van der Waals surface area contributed by atoms with Gasteiger partial charge in [0.25, 0.3) is 0 Å². The summed E-state index contributed by atoms with van der Waals surface area (Å²) in [5, 5.41) is 10.2. The van der Waals surface area contributed by atoms with Crippen molar-refractivity contribution >= 4 is 23.1 Å². The number of hydrogen-bond acceptors (Lipinski definition) is 7. The number of aliphatic hydroxyl groups excluding tert-OH is 1. The number of morpholine rings is 1. The first-order chi connectivity index (χ1) is 14.3. The molecule has 0 unspecified atom stereocenters. The zero-order chi connectivity index (χ0) is 19.9. The first kappa shape index (κ1) is 19.5. The molecule has 8 nitrogen and oxygen atoms in total. The van der Waals surface area contributed by atoms with E-state index >= 15 is 0 Å². The Hall–Kier alpha value is -2.84. The van der Waals surface area contributed by atoms with Gasteiger partial charge in [0.1, 0.15) is 5.82 Å². The van der Waals surface area contributed by atoms with Crippen LogP contribution >= 0.6 is 0 Å². The van der Waals surface area contributed by atoms with E-state index in [0.717, 1.165) is 54.6 Å². The number of aryl methyl sites for hydroxylation is 1. The number of nitrogens with one attached hydrogen (secondary N) is 1. The summed E-state index contributed by atoms with van der Waals surface area (Å²) in [6, 6.07) is 8.15. The standard InChI is InChI=1S/C21H26N6O2/c28-10-4-3-7-19-24-20(26-21(25-19)27-8-11-29-12-9-27)15-22-13-16-14-23-18-6-2-1-5-17(16)18/h1-2,5-6,13-14,23,28H,3-4,7-12,15H2. The van der Waals surface area contributed by atoms with Crippen LogP contribution in [0.5, 0.6) is 0 Å². The molecule has 1 aliphatic rings. The maximum atomic E-state index is 9.04. The second-order valence-corrected chi connectivity index (χ2v) is 7.01. The molecule has 1 aliphatic heterocycles. The first-order valence-corrected chi connectivity index (χ1v) is 10.1. The minimum absolute atomic E-state index is 0.184. The Labute approximate surface area is 169 Å². The molecular weight excluding hydrogens is 368 g/mol. The zero-order valence-corrected chi connectivity index (χ0v) is 16.4. The van der Waals surface area contributed by atoms with Gasteiger partial charge in [0.05, 0.1) is 19.8 Å². The summed E-state index contributed by atoms with van der Waals surface area (Å²) in [4.78, 5) is 23.8. The minimum Gasteiger partial charge on any atom is -0.396 e. The van der Waals surface area contributed by atoms with Gasteiger partial charge in [-0.1, -0.05) is 18.2 Å². The Morgan fingerprint density at radius 1 is 1.10 bits per heavy atom. The Morgan fingerprint density at radius 3 is 2.79 bits per heavy atom. The van der Waals surface area contributed by atoms with Crippen molar-refractivity contribution in [1.82, 2.24) is 19.9 Å². The van der Waals surface area contributed by atoms with E-state index in [1.165, 1.54) is 0 Å². The minimum atomic E-state index is 0.184. The van der Waals surface area contributed by atoms with Crippen LogP contribution in [0, 0.1) is 0 Å². The number of benzene rings is 1. The molecule has 0 aliphatic carbocycles. The fraction of sp³-hybridized carbons (Fsp3) is 0.429. The summed E-state index contributed by atoms with van der Waals surface area (Å²) in [7, 11) is 0. The van der Waals surface area contributed by atoms with E-state index in [-0.39, 0.29) is 6.61 Å². The molecule has 152 valence electrons. The third kappa shape index (κ3) is 4.96. The summed E-state index contributed by atoms with van der Waals surface area (Å²) < 4.78 is 5.44. The van der Waals surface area contributed by atoms with Crippen LogP contribution in [-0.2, 0) is 17.7 Å². The highest BCUT2D eigenvalue weighted by Gasteiger charge is 2.16. The highest BCUT2D eigenvalue weighted by atomic mass is 16.5. The lowest BCUT2D eigenvalue weighted by Gasteiger charge is -2.27. The fourth-order valence-electron chi connectivity index (χ4n) is 3.36. The summed E-state index contributed by atoms with van der Waals surface area (Å²) in [5.74, 6) is 2.11. The topological polar surface area (TPSA) is 99.5 Å². The van der Waals surface area contributed by atoms with Gasteiger partial charge in [-0.3, -0.25) is 4.99 Å². The lowest BCUT2D eigenvalue weighted by Crippen LogP contribution is -2.37. The van der Waals surface area contributed by atoms with Crippen LogP contribution < -0.4 is 4.90 Å². The Morgan fingerprint density at radius 2 is 1.93 bits per heavy atom. The van der Waals surface area contributed by atoms with Gasteiger partial charge < -0.3 is 19.7 Å². The predicted molar refractivity (Wildman–Crippen MR) is 112 cm³/mol. The van der Waals surface area contributed by atoms with Gasteiger partial charge in [0.2, 0.25) is 5.95 Å². The van der Waals surface area contributed by atoms with Crippen molar-refractivity contribution < 1.29 is 9.84 Å². The lowest BCUT2D eigenvalue weighted by atomic mass is 10.2. The number of anilines is 1. The molecule has 3 heterocycles. The Bertz CT molecular complexity index is 965. The molecule has 0 radical (unpaired) electrons. The van der Waals surface area contributed by atoms with E-state index in [4.69, 9.17) is 9.84 Å². The predicted octanol–water partition coefficient (Wildman–Crippen LogP) is 2.12. The second-order valence-electron chi connectivity index (χ2n) is 7.01. The molecule has 0 spiro atoms. The SMILES string of the molecule is OCCCCc1nc(CN=Cc2c[nH]c3ccccc23)nc(N2CCOCC2)n1. The van der Waals surface area contributed by atoms with Gasteiger partial charge in [-0.05, 0) is 18.9 Å². The van der Waals surface area contributed by atoms with Crippen LogP contribution in [0.25, 0.3) is 10.9 Å². The molecule has 29 heavy (non-hydrogen) atoms. The van der Waals surface area contributed by atoms with Crippen molar-refractivity contribution in [1.29, 1.82) is 0 Å². The van der Waals surface area contributed by atoms with E-state index < -0.39 is 0 Å². The van der Waals surface area contributed by atoms with Gasteiger partial charge in [-0.15, -0.1) is 0 Å². The molecule has 1 aromatic carbocycles. The number of ether oxygens (including phenoxy) is 1. The lowest BCUT2D eigenvalue weighted by molar-refractivity contribution is 0.122. The zero-order valence-electron chi connectivity index (χ0n) is 16.4. The summed E-state index contributed by atoms with van der Waals surface area (Å²) >= 11 is 0. The average molecular weight is 394 g/mol. The second kappa shape index (κ2) is 9.58. The number of H-pyrrole nitrogens is 1. The molecular formula is C21H26N6O2. The number of rotatable bonds is 8. The smallest absolute Gasteiger partial charge is 0.229 e. The van der Waals surface area contributed by atoms with E-state index in [1.54, 1.807) is 0 Å². The number of aromatic nitrogens is 4. The summed E-state index contributed by atoms with van der Waals surface area (Å²) in [6.07, 6.45) is 6.14. The number of para-hydroxylation sites is 1. The van der Waals surface area contributed by atoms with Crippen LogP contribution in [0.15, 0.2) is 35.5 Å².